The zero-order valence-electron chi connectivity index (χ0n) is 9.65. The molecule has 84 valence electrons. The predicted molar refractivity (Wildman–Crippen MR) is 68.9 cm³/mol. The molecular formula is C16H14O. The van der Waals surface area contributed by atoms with Crippen LogP contribution in [0, 0.1) is 0 Å². The summed E-state index contributed by atoms with van der Waals surface area (Å²) in [5.74, 6) is 0.364. The van der Waals surface area contributed by atoms with Crippen LogP contribution in [0.1, 0.15) is 17.5 Å². The van der Waals surface area contributed by atoms with E-state index in [1.54, 1.807) is 0 Å². The third-order valence-corrected chi connectivity index (χ3v) is 3.40. The van der Waals surface area contributed by atoms with Crippen LogP contribution in [-0.2, 0) is 17.6 Å². The minimum atomic E-state index is 0.364. The highest BCUT2D eigenvalue weighted by atomic mass is 16.1. The van der Waals surface area contributed by atoms with Gasteiger partial charge in [0.15, 0.2) is 0 Å². The van der Waals surface area contributed by atoms with Crippen molar-refractivity contribution in [2.45, 2.75) is 19.3 Å². The molecule has 0 heterocycles. The average molecular weight is 222 g/mol. The average Bonchev–Trinajstić information content (AvgIpc) is 2.39. The van der Waals surface area contributed by atoms with Crippen molar-refractivity contribution in [3.63, 3.8) is 0 Å². The van der Waals surface area contributed by atoms with Crippen molar-refractivity contribution >= 4 is 5.78 Å². The molecule has 1 nitrogen and oxygen atoms in total. The van der Waals surface area contributed by atoms with Gasteiger partial charge < -0.3 is 0 Å². The van der Waals surface area contributed by atoms with Gasteiger partial charge in [-0.3, -0.25) is 4.79 Å². The number of ketones is 1. The maximum atomic E-state index is 11.5. The van der Waals surface area contributed by atoms with E-state index in [1.165, 1.54) is 22.3 Å². The maximum absolute atomic E-state index is 11.5. The molecular weight excluding hydrogens is 208 g/mol. The van der Waals surface area contributed by atoms with Crippen molar-refractivity contribution in [3.8, 4) is 11.1 Å². The number of carbonyl (C=O) groups excluding carboxylic acids is 1. The minimum absolute atomic E-state index is 0.364. The molecule has 0 spiro atoms. The molecule has 0 atom stereocenters. The number of benzene rings is 2. The second-order valence-electron chi connectivity index (χ2n) is 4.52. The molecule has 2 aromatic carbocycles. The molecule has 0 bridgehead atoms. The highest BCUT2D eigenvalue weighted by molar-refractivity contribution is 5.85. The molecule has 17 heavy (non-hydrogen) atoms. The van der Waals surface area contributed by atoms with Crippen molar-refractivity contribution in [1.29, 1.82) is 0 Å². The molecule has 0 saturated heterocycles. The fourth-order valence-electron chi connectivity index (χ4n) is 2.55. The van der Waals surface area contributed by atoms with Gasteiger partial charge in [-0.15, -0.1) is 0 Å². The van der Waals surface area contributed by atoms with E-state index in [0.29, 0.717) is 18.6 Å². The zero-order chi connectivity index (χ0) is 11.7. The number of carbonyl (C=O) groups is 1. The van der Waals surface area contributed by atoms with Crippen LogP contribution in [0.5, 0.6) is 0 Å². The van der Waals surface area contributed by atoms with Crippen LogP contribution in [0.4, 0.5) is 0 Å². The van der Waals surface area contributed by atoms with Gasteiger partial charge in [-0.2, -0.15) is 0 Å². The van der Waals surface area contributed by atoms with Gasteiger partial charge in [0.05, 0.1) is 0 Å². The second-order valence-corrected chi connectivity index (χ2v) is 4.52. The smallest absolute Gasteiger partial charge is 0.137 e. The Hall–Kier alpha value is -1.89. The summed E-state index contributed by atoms with van der Waals surface area (Å²) >= 11 is 0. The fourth-order valence-corrected chi connectivity index (χ4v) is 2.55. The Morgan fingerprint density at radius 2 is 1.65 bits per heavy atom. The number of Topliss-reactive ketones (excluding diaryl/α,β-unsaturated/α-hetero) is 1. The van der Waals surface area contributed by atoms with Crippen LogP contribution in [0.25, 0.3) is 11.1 Å². The van der Waals surface area contributed by atoms with E-state index >= 15 is 0 Å². The summed E-state index contributed by atoms with van der Waals surface area (Å²) in [5.41, 5.74) is 5.11. The standard InChI is InChI=1S/C16H14O/c17-14-9-10-16-13(11-14)7-4-8-15(16)12-5-2-1-3-6-12/h1-8H,9-11H2. The summed E-state index contributed by atoms with van der Waals surface area (Å²) in [6, 6.07) is 16.7. The quantitative estimate of drug-likeness (QED) is 0.722. The van der Waals surface area contributed by atoms with Gasteiger partial charge in [0.2, 0.25) is 0 Å². The Labute approximate surface area is 101 Å². The molecule has 0 saturated carbocycles. The van der Waals surface area contributed by atoms with E-state index in [0.717, 1.165) is 6.42 Å². The third kappa shape index (κ3) is 1.89. The first-order valence-electron chi connectivity index (χ1n) is 6.02. The van der Waals surface area contributed by atoms with Crippen molar-refractivity contribution in [2.24, 2.45) is 0 Å². The van der Waals surface area contributed by atoms with Gasteiger partial charge >= 0.3 is 0 Å². The van der Waals surface area contributed by atoms with Crippen molar-refractivity contribution in [3.05, 3.63) is 59.7 Å². The Bertz CT molecular complexity index is 555. The Morgan fingerprint density at radius 3 is 2.47 bits per heavy atom. The minimum Gasteiger partial charge on any atom is -0.299 e. The fraction of sp³-hybridized carbons (Fsp3) is 0.188. The third-order valence-electron chi connectivity index (χ3n) is 3.40. The van der Waals surface area contributed by atoms with Crippen molar-refractivity contribution in [2.75, 3.05) is 0 Å². The van der Waals surface area contributed by atoms with Crippen LogP contribution in [0.3, 0.4) is 0 Å². The van der Waals surface area contributed by atoms with Crippen LogP contribution in [-0.4, -0.2) is 5.78 Å². The van der Waals surface area contributed by atoms with E-state index in [2.05, 4.69) is 42.5 Å². The molecule has 1 aliphatic carbocycles. The van der Waals surface area contributed by atoms with Gasteiger partial charge in [0.25, 0.3) is 0 Å². The van der Waals surface area contributed by atoms with Gasteiger partial charge in [0.1, 0.15) is 5.78 Å². The van der Waals surface area contributed by atoms with E-state index in [-0.39, 0.29) is 0 Å². The van der Waals surface area contributed by atoms with Crippen LogP contribution in [0.15, 0.2) is 48.5 Å². The van der Waals surface area contributed by atoms with Gasteiger partial charge in [0, 0.05) is 12.8 Å². The molecule has 0 fully saturated rings. The Balaban J connectivity index is 2.13. The lowest BCUT2D eigenvalue weighted by Crippen LogP contribution is -2.13. The zero-order valence-corrected chi connectivity index (χ0v) is 9.65. The molecule has 1 heteroatoms. The van der Waals surface area contributed by atoms with Gasteiger partial charge in [-0.1, -0.05) is 48.5 Å². The number of rotatable bonds is 1. The van der Waals surface area contributed by atoms with Crippen LogP contribution >= 0.6 is 0 Å². The van der Waals surface area contributed by atoms with Crippen LogP contribution < -0.4 is 0 Å². The first-order valence-corrected chi connectivity index (χ1v) is 6.02. The first kappa shape index (κ1) is 10.3. The summed E-state index contributed by atoms with van der Waals surface area (Å²) in [7, 11) is 0. The summed E-state index contributed by atoms with van der Waals surface area (Å²) in [5, 5.41) is 0. The Morgan fingerprint density at radius 1 is 0.824 bits per heavy atom. The first-order chi connectivity index (χ1) is 8.34. The van der Waals surface area contributed by atoms with Crippen molar-refractivity contribution in [1.82, 2.24) is 0 Å². The molecule has 2 aromatic rings. The lowest BCUT2D eigenvalue weighted by Gasteiger charge is -2.18. The molecule has 3 rings (SSSR count). The summed E-state index contributed by atoms with van der Waals surface area (Å²) < 4.78 is 0. The maximum Gasteiger partial charge on any atom is 0.137 e. The normalized spacial score (nSPS) is 14.5. The molecule has 0 aliphatic heterocycles. The number of fused-ring (bicyclic) bond motifs is 1. The monoisotopic (exact) mass is 222 g/mol. The summed E-state index contributed by atoms with van der Waals surface area (Å²) in [4.78, 5) is 11.5. The summed E-state index contributed by atoms with van der Waals surface area (Å²) in [6.07, 6.45) is 2.19. The topological polar surface area (TPSA) is 17.1 Å². The Kier molecular flexibility index (Phi) is 2.52. The number of hydrogen-bond donors (Lipinski definition) is 0. The second kappa shape index (κ2) is 4.17. The van der Waals surface area contributed by atoms with E-state index < -0.39 is 0 Å². The molecule has 0 N–H and O–H groups in total. The van der Waals surface area contributed by atoms with Gasteiger partial charge in [-0.05, 0) is 28.7 Å². The van der Waals surface area contributed by atoms with Crippen molar-refractivity contribution < 1.29 is 4.79 Å². The lowest BCUT2D eigenvalue weighted by atomic mass is 9.85. The highest BCUT2D eigenvalue weighted by Crippen LogP contribution is 2.30. The molecule has 0 radical (unpaired) electrons. The molecule has 0 aromatic heterocycles. The molecule has 1 aliphatic rings. The van der Waals surface area contributed by atoms with Gasteiger partial charge in [-0.25, -0.2) is 0 Å². The molecule has 0 unspecified atom stereocenters. The predicted octanol–water partition coefficient (Wildman–Crippen LogP) is 3.41. The SMILES string of the molecule is O=C1CCc2c(cccc2-c2ccccc2)C1. The van der Waals surface area contributed by atoms with E-state index in [1.807, 2.05) is 6.07 Å². The summed E-state index contributed by atoms with van der Waals surface area (Å²) in [6.45, 7) is 0. The van der Waals surface area contributed by atoms with Crippen LogP contribution in [0.2, 0.25) is 0 Å². The lowest BCUT2D eigenvalue weighted by molar-refractivity contribution is -0.118. The molecule has 0 amide bonds. The highest BCUT2D eigenvalue weighted by Gasteiger charge is 2.18. The number of hydrogen-bond acceptors (Lipinski definition) is 1. The van der Waals surface area contributed by atoms with E-state index in [4.69, 9.17) is 0 Å². The van der Waals surface area contributed by atoms with E-state index in [9.17, 15) is 4.79 Å². The largest absolute Gasteiger partial charge is 0.299 e.